The number of aliphatic hydroxyl groups is 5. The van der Waals surface area contributed by atoms with E-state index in [4.69, 9.17) is 18.9 Å². The molecule has 5 unspecified atom stereocenters. The van der Waals surface area contributed by atoms with Crippen molar-refractivity contribution >= 4 is 23.5 Å². The summed E-state index contributed by atoms with van der Waals surface area (Å²) in [5, 5.41) is 113. The molecule has 1 aliphatic carbocycles. The molecule has 240 valence electrons. The van der Waals surface area contributed by atoms with Gasteiger partial charge in [-0.3, -0.25) is 0 Å². The standard InChI is InChI=1S/C27H24O18/c28-9-1-6(2-10(29)16(9)32)24(39)45-27-22(38)23-19(35)13(43-27)5-42-25(40)7-3-11(30)17(33)20(36)14(7)15-8(26(41)44-23)4-12(31)18(34)21(15)37/h1-4,13,17,19-20,22-23,27-38H,5H2/t13?,17?,19-,20?,22?,23?,27+/m1/s1. The average molecular weight is 636 g/mol. The number of phenols is 6. The minimum absolute atomic E-state index is 0.530. The van der Waals surface area contributed by atoms with Crippen molar-refractivity contribution in [2.75, 3.05) is 6.61 Å². The molecule has 45 heavy (non-hydrogen) atoms. The lowest BCUT2D eigenvalue weighted by Gasteiger charge is -2.41. The number of aliphatic hydroxyl groups excluding tert-OH is 5. The van der Waals surface area contributed by atoms with E-state index < -0.39 is 136 Å². The predicted molar refractivity (Wildman–Crippen MR) is 139 cm³/mol. The van der Waals surface area contributed by atoms with Gasteiger partial charge in [0.2, 0.25) is 12.0 Å². The maximum absolute atomic E-state index is 13.5. The molecule has 11 N–H and O–H groups in total. The number of carbonyl (C=O) groups is 3. The van der Waals surface area contributed by atoms with Crippen LogP contribution in [0.5, 0.6) is 34.5 Å². The quantitative estimate of drug-likeness (QED) is 0.0987. The van der Waals surface area contributed by atoms with Gasteiger partial charge in [-0.25, -0.2) is 14.4 Å². The van der Waals surface area contributed by atoms with Crippen molar-refractivity contribution in [1.82, 2.24) is 0 Å². The van der Waals surface area contributed by atoms with Gasteiger partial charge < -0.3 is 75.1 Å². The number of aromatic hydroxyl groups is 6. The topological polar surface area (TPSA) is 311 Å². The summed E-state index contributed by atoms with van der Waals surface area (Å²) in [6.45, 7) is -0.931. The summed E-state index contributed by atoms with van der Waals surface area (Å²) in [5.74, 6) is -11.7. The Morgan fingerprint density at radius 3 is 2.04 bits per heavy atom. The van der Waals surface area contributed by atoms with E-state index in [0.717, 1.165) is 0 Å². The van der Waals surface area contributed by atoms with Gasteiger partial charge in [0, 0.05) is 11.1 Å². The van der Waals surface area contributed by atoms with Crippen LogP contribution in [0.15, 0.2) is 35.6 Å². The van der Waals surface area contributed by atoms with Gasteiger partial charge in [0.25, 0.3) is 0 Å². The Balaban J connectivity index is 1.59. The van der Waals surface area contributed by atoms with Crippen LogP contribution >= 0.6 is 0 Å². The van der Waals surface area contributed by atoms with Crippen LogP contribution < -0.4 is 0 Å². The van der Waals surface area contributed by atoms with Crippen molar-refractivity contribution < 1.29 is 89.5 Å². The van der Waals surface area contributed by atoms with Gasteiger partial charge in [-0.1, -0.05) is 0 Å². The Bertz CT molecular complexity index is 1640. The lowest BCUT2D eigenvalue weighted by atomic mass is 9.83. The number of rotatable bonds is 2. The van der Waals surface area contributed by atoms with Crippen molar-refractivity contribution in [3.05, 3.63) is 52.3 Å². The van der Waals surface area contributed by atoms with Gasteiger partial charge in [0.05, 0.1) is 16.7 Å². The lowest BCUT2D eigenvalue weighted by Crippen LogP contribution is -2.61. The van der Waals surface area contributed by atoms with Gasteiger partial charge in [-0.2, -0.15) is 0 Å². The Morgan fingerprint density at radius 2 is 1.40 bits per heavy atom. The fourth-order valence-corrected chi connectivity index (χ4v) is 4.91. The van der Waals surface area contributed by atoms with Crippen molar-refractivity contribution in [1.29, 1.82) is 0 Å². The first-order chi connectivity index (χ1) is 21.1. The third-order valence-electron chi connectivity index (χ3n) is 7.24. The molecule has 1 saturated heterocycles. The number of carbonyl (C=O) groups excluding carboxylic acids is 3. The van der Waals surface area contributed by atoms with E-state index in [1.54, 1.807) is 0 Å². The zero-order chi connectivity index (χ0) is 33.1. The minimum atomic E-state index is -2.24. The Hall–Kier alpha value is -5.27. The van der Waals surface area contributed by atoms with Crippen LogP contribution in [0.2, 0.25) is 0 Å². The highest BCUT2D eigenvalue weighted by atomic mass is 16.7. The molecule has 2 bridgehead atoms. The molecule has 7 atom stereocenters. The summed E-state index contributed by atoms with van der Waals surface area (Å²) < 4.78 is 20.9. The van der Waals surface area contributed by atoms with E-state index in [-0.39, 0.29) is 0 Å². The highest BCUT2D eigenvalue weighted by Crippen LogP contribution is 2.47. The average Bonchev–Trinajstić information content (AvgIpc) is 2.99. The molecule has 1 fully saturated rings. The summed E-state index contributed by atoms with van der Waals surface area (Å²) >= 11 is 0. The first-order valence-electron chi connectivity index (χ1n) is 12.8. The van der Waals surface area contributed by atoms with E-state index in [1.165, 1.54) is 0 Å². The van der Waals surface area contributed by atoms with Crippen LogP contribution in [0.1, 0.15) is 26.3 Å². The Morgan fingerprint density at radius 1 is 0.778 bits per heavy atom. The fraction of sp³-hybridized carbons (Fsp3) is 0.296. The van der Waals surface area contributed by atoms with E-state index in [1.807, 2.05) is 0 Å². The number of hydrogen-bond donors (Lipinski definition) is 11. The SMILES string of the molecule is O=C1OCC2O[C@@H](OC(=O)c3cc(O)c(O)c(O)c3)C(O)C(OC(=O)c3cc(O)c(O)c(O)c3C3=C1C=C(O)C(O)C3O)[C@@H]2O. The molecule has 0 radical (unpaired) electrons. The van der Waals surface area contributed by atoms with Gasteiger partial charge in [-0.05, 0) is 24.3 Å². The second-order valence-corrected chi connectivity index (χ2v) is 10.1. The number of ether oxygens (including phenoxy) is 4. The number of benzene rings is 2. The van der Waals surface area contributed by atoms with Gasteiger partial charge >= 0.3 is 17.9 Å². The molecule has 2 aromatic rings. The number of esters is 3. The number of hydrogen-bond acceptors (Lipinski definition) is 18. The zero-order valence-corrected chi connectivity index (χ0v) is 22.3. The zero-order valence-electron chi connectivity index (χ0n) is 22.3. The van der Waals surface area contributed by atoms with Crippen LogP contribution in [0.4, 0.5) is 0 Å². The second kappa shape index (κ2) is 11.3. The summed E-state index contributed by atoms with van der Waals surface area (Å²) in [5.41, 5.74) is -3.85. The maximum Gasteiger partial charge on any atom is 0.340 e. The monoisotopic (exact) mass is 636 g/mol. The van der Waals surface area contributed by atoms with Gasteiger partial charge in [-0.15, -0.1) is 0 Å². The summed E-state index contributed by atoms with van der Waals surface area (Å²) in [6, 6.07) is 1.92. The van der Waals surface area contributed by atoms with Crippen LogP contribution in [-0.2, 0) is 23.7 Å². The highest BCUT2D eigenvalue weighted by molar-refractivity contribution is 6.07. The van der Waals surface area contributed by atoms with Gasteiger partial charge in [0.15, 0.2) is 41.0 Å². The molecule has 18 heteroatoms. The van der Waals surface area contributed by atoms with Crippen LogP contribution in [0.25, 0.3) is 5.57 Å². The summed E-state index contributed by atoms with van der Waals surface area (Å²) in [6.07, 6.45) is -13.9. The summed E-state index contributed by atoms with van der Waals surface area (Å²) in [7, 11) is 0. The molecule has 2 heterocycles. The Kier molecular flexibility index (Phi) is 7.85. The van der Waals surface area contributed by atoms with Gasteiger partial charge in [0.1, 0.15) is 36.8 Å². The lowest BCUT2D eigenvalue weighted by molar-refractivity contribution is -0.285. The number of cyclic esters (lactones) is 1. The molecule has 0 aromatic heterocycles. The fourth-order valence-electron chi connectivity index (χ4n) is 4.91. The molecule has 0 amide bonds. The number of phenolic OH excluding ortho intramolecular Hbond substituents is 6. The second-order valence-electron chi connectivity index (χ2n) is 10.1. The normalized spacial score (nSPS) is 28.4. The third-order valence-corrected chi connectivity index (χ3v) is 7.24. The van der Waals surface area contributed by atoms with E-state index in [9.17, 15) is 70.6 Å². The number of fused-ring (bicyclic) bond motifs is 4. The van der Waals surface area contributed by atoms with Crippen molar-refractivity contribution in [2.24, 2.45) is 0 Å². The molecule has 3 aliphatic rings. The van der Waals surface area contributed by atoms with Crippen LogP contribution in [0.3, 0.4) is 0 Å². The van der Waals surface area contributed by atoms with Crippen molar-refractivity contribution in [3.8, 4) is 34.5 Å². The maximum atomic E-state index is 13.5. The molecule has 18 nitrogen and oxygen atoms in total. The molecule has 0 spiro atoms. The molecule has 5 rings (SSSR count). The molecular formula is C27H24O18. The van der Waals surface area contributed by atoms with Crippen LogP contribution in [0, 0.1) is 0 Å². The van der Waals surface area contributed by atoms with E-state index in [2.05, 4.69) is 0 Å². The highest BCUT2D eigenvalue weighted by Gasteiger charge is 2.50. The van der Waals surface area contributed by atoms with E-state index in [0.29, 0.717) is 24.3 Å². The van der Waals surface area contributed by atoms with E-state index >= 15 is 0 Å². The molecule has 2 aliphatic heterocycles. The van der Waals surface area contributed by atoms with Crippen LogP contribution in [-0.4, -0.2) is 124 Å². The predicted octanol–water partition coefficient (Wildman–Crippen LogP) is -1.76. The largest absolute Gasteiger partial charge is 0.509 e. The van der Waals surface area contributed by atoms with Crippen molar-refractivity contribution in [3.63, 3.8) is 0 Å². The first-order valence-corrected chi connectivity index (χ1v) is 12.8. The molecule has 0 saturated carbocycles. The molecule has 2 aromatic carbocycles. The summed E-state index contributed by atoms with van der Waals surface area (Å²) in [4.78, 5) is 39.4. The first kappa shape index (κ1) is 31.2. The minimum Gasteiger partial charge on any atom is -0.509 e. The third kappa shape index (κ3) is 5.25. The Labute approximate surface area is 249 Å². The van der Waals surface area contributed by atoms with Crippen molar-refractivity contribution in [2.45, 2.75) is 42.9 Å². The smallest absolute Gasteiger partial charge is 0.340 e. The molecular weight excluding hydrogens is 612 g/mol.